The van der Waals surface area contributed by atoms with Gasteiger partial charge in [0, 0.05) is 18.7 Å². The summed E-state index contributed by atoms with van der Waals surface area (Å²) in [6, 6.07) is 5.82. The SMILES string of the molecule is Cc1cc(-c2ccc(C(F)(F)F)cc2CN(Cc2cc(C(F)(F)F)cc(C(F)(F)F)c2)c2nnn(C)n2)c(Cl)cc1F. The summed E-state index contributed by atoms with van der Waals surface area (Å²) in [5.74, 6) is -0.971. The van der Waals surface area contributed by atoms with Crippen molar-refractivity contribution in [2.75, 3.05) is 4.90 Å². The van der Waals surface area contributed by atoms with Gasteiger partial charge in [0.25, 0.3) is 5.95 Å². The average Bonchev–Trinajstić information content (AvgIpc) is 3.30. The van der Waals surface area contributed by atoms with E-state index >= 15 is 0 Å². The molecule has 1 aromatic heterocycles. The number of anilines is 1. The van der Waals surface area contributed by atoms with E-state index in [1.54, 1.807) is 0 Å². The topological polar surface area (TPSA) is 46.8 Å². The molecule has 1 heterocycles. The smallest absolute Gasteiger partial charge is 0.330 e. The maximum Gasteiger partial charge on any atom is 0.416 e. The lowest BCUT2D eigenvalue weighted by Gasteiger charge is -2.24. The molecule has 0 fully saturated rings. The third kappa shape index (κ3) is 6.94. The highest BCUT2D eigenvalue weighted by molar-refractivity contribution is 6.33. The van der Waals surface area contributed by atoms with Crippen molar-refractivity contribution < 1.29 is 43.9 Å². The molecule has 0 bridgehead atoms. The summed E-state index contributed by atoms with van der Waals surface area (Å²) in [6.45, 7) is 0.167. The fraction of sp³-hybridized carbons (Fsp3) is 0.269. The van der Waals surface area contributed by atoms with E-state index in [4.69, 9.17) is 11.6 Å². The number of hydrogen-bond acceptors (Lipinski definition) is 4. The third-order valence-corrected chi connectivity index (χ3v) is 6.45. The van der Waals surface area contributed by atoms with Crippen LogP contribution in [0, 0.1) is 12.7 Å². The van der Waals surface area contributed by atoms with E-state index in [-0.39, 0.29) is 39.3 Å². The first-order valence-electron chi connectivity index (χ1n) is 11.8. The van der Waals surface area contributed by atoms with Crippen molar-refractivity contribution in [3.63, 3.8) is 0 Å². The van der Waals surface area contributed by atoms with Gasteiger partial charge in [0.2, 0.25) is 0 Å². The Balaban J connectivity index is 1.88. The molecule has 42 heavy (non-hydrogen) atoms. The average molecular weight is 626 g/mol. The van der Waals surface area contributed by atoms with Gasteiger partial charge in [0.15, 0.2) is 0 Å². The second kappa shape index (κ2) is 11.1. The van der Waals surface area contributed by atoms with E-state index < -0.39 is 59.7 Å². The Morgan fingerprint density at radius 1 is 0.762 bits per heavy atom. The lowest BCUT2D eigenvalue weighted by atomic mass is 9.95. The summed E-state index contributed by atoms with van der Waals surface area (Å²) < 4.78 is 136. The lowest BCUT2D eigenvalue weighted by Crippen LogP contribution is -2.25. The standard InChI is InChI=1S/C26H18ClF10N5/c1-13-5-20(21(27)10-22(13)28)19-4-3-16(24(29,30)31)8-15(19)12-42(23-38-40-41(2)39-23)11-14-6-17(25(32,33)34)9-18(7-14)26(35,36)37/h3-10H,11-12H2,1-2H3. The highest BCUT2D eigenvalue weighted by atomic mass is 35.5. The molecular weight excluding hydrogens is 608 g/mol. The second-order valence-corrected chi connectivity index (χ2v) is 9.71. The minimum absolute atomic E-state index is 0.0435. The Hall–Kier alpha value is -3.88. The van der Waals surface area contributed by atoms with Crippen molar-refractivity contribution in [1.29, 1.82) is 0 Å². The quantitative estimate of drug-likeness (QED) is 0.203. The number of nitrogens with zero attached hydrogens (tertiary/aromatic N) is 5. The lowest BCUT2D eigenvalue weighted by molar-refractivity contribution is -0.143. The number of aryl methyl sites for hydroxylation is 2. The molecule has 0 unspecified atom stereocenters. The van der Waals surface area contributed by atoms with Crippen molar-refractivity contribution in [2.24, 2.45) is 7.05 Å². The first-order chi connectivity index (χ1) is 19.3. The van der Waals surface area contributed by atoms with Crippen molar-refractivity contribution >= 4 is 17.5 Å². The van der Waals surface area contributed by atoms with Crippen LogP contribution < -0.4 is 4.90 Å². The van der Waals surface area contributed by atoms with Gasteiger partial charge >= 0.3 is 18.5 Å². The predicted molar refractivity (Wildman–Crippen MR) is 132 cm³/mol. The highest BCUT2D eigenvalue weighted by Crippen LogP contribution is 2.39. The molecule has 16 heteroatoms. The summed E-state index contributed by atoms with van der Waals surface area (Å²) in [5.41, 5.74) is -4.46. The highest BCUT2D eigenvalue weighted by Gasteiger charge is 2.37. The zero-order valence-corrected chi connectivity index (χ0v) is 22.2. The van der Waals surface area contributed by atoms with Gasteiger partial charge in [-0.05, 0) is 76.9 Å². The molecule has 0 aliphatic rings. The van der Waals surface area contributed by atoms with Gasteiger partial charge < -0.3 is 4.90 Å². The fourth-order valence-electron chi connectivity index (χ4n) is 4.16. The Labute approximate surface area is 236 Å². The number of alkyl halides is 9. The minimum atomic E-state index is -5.13. The van der Waals surface area contributed by atoms with Crippen LogP contribution in [0.2, 0.25) is 5.02 Å². The number of halogens is 11. The largest absolute Gasteiger partial charge is 0.416 e. The van der Waals surface area contributed by atoms with Crippen LogP contribution in [0.3, 0.4) is 0 Å². The minimum Gasteiger partial charge on any atom is -0.330 e. The van der Waals surface area contributed by atoms with Gasteiger partial charge in [0.1, 0.15) is 5.82 Å². The molecule has 0 N–H and O–H groups in total. The number of benzene rings is 3. The third-order valence-electron chi connectivity index (χ3n) is 6.13. The van der Waals surface area contributed by atoms with Gasteiger partial charge in [-0.15, -0.1) is 5.10 Å². The van der Waals surface area contributed by atoms with Crippen LogP contribution in [0.25, 0.3) is 11.1 Å². The molecule has 224 valence electrons. The number of aromatic nitrogens is 4. The molecule has 0 saturated heterocycles. The maximum absolute atomic E-state index is 14.1. The van der Waals surface area contributed by atoms with E-state index in [1.807, 2.05) is 0 Å². The van der Waals surface area contributed by atoms with Gasteiger partial charge in [-0.1, -0.05) is 22.8 Å². The summed E-state index contributed by atoms with van der Waals surface area (Å²) in [7, 11) is 1.33. The van der Waals surface area contributed by atoms with Gasteiger partial charge in [-0.2, -0.15) is 44.3 Å². The molecule has 0 saturated carbocycles. The molecule has 0 aliphatic heterocycles. The van der Waals surface area contributed by atoms with E-state index in [0.29, 0.717) is 12.1 Å². The van der Waals surface area contributed by atoms with Crippen LogP contribution in [0.15, 0.2) is 48.5 Å². The molecule has 5 nitrogen and oxygen atoms in total. The fourth-order valence-corrected chi connectivity index (χ4v) is 4.41. The van der Waals surface area contributed by atoms with Crippen LogP contribution >= 0.6 is 11.6 Å². The molecule has 3 aromatic carbocycles. The monoisotopic (exact) mass is 625 g/mol. The van der Waals surface area contributed by atoms with Crippen LogP contribution in [0.4, 0.5) is 49.9 Å². The maximum atomic E-state index is 14.1. The zero-order chi connectivity index (χ0) is 31.2. The molecule has 0 spiro atoms. The van der Waals surface area contributed by atoms with Crippen molar-refractivity contribution in [1.82, 2.24) is 20.2 Å². The summed E-state index contributed by atoms with van der Waals surface area (Å²) >= 11 is 6.22. The second-order valence-electron chi connectivity index (χ2n) is 9.30. The summed E-state index contributed by atoms with van der Waals surface area (Å²) in [6.07, 6.45) is -15.1. The van der Waals surface area contributed by atoms with Gasteiger partial charge in [-0.25, -0.2) is 4.39 Å². The molecule has 0 atom stereocenters. The Bertz CT molecular complexity index is 1580. The molecule has 4 aromatic rings. The Kier molecular flexibility index (Phi) is 8.19. The molecule has 0 aliphatic carbocycles. The first kappa shape index (κ1) is 31.1. The van der Waals surface area contributed by atoms with E-state index in [2.05, 4.69) is 15.4 Å². The van der Waals surface area contributed by atoms with Crippen molar-refractivity contribution in [2.45, 2.75) is 38.5 Å². The first-order valence-corrected chi connectivity index (χ1v) is 12.1. The molecule has 0 radical (unpaired) electrons. The molecule has 0 amide bonds. The number of tetrazole rings is 1. The summed E-state index contributed by atoms with van der Waals surface area (Å²) in [5, 5.41) is 11.2. The molecule has 4 rings (SSSR count). The Morgan fingerprint density at radius 2 is 1.36 bits per heavy atom. The predicted octanol–water partition coefficient (Wildman–Crippen LogP) is 8.24. The number of hydrogen-bond donors (Lipinski definition) is 0. The van der Waals surface area contributed by atoms with Gasteiger partial charge in [0.05, 0.1) is 28.8 Å². The Morgan fingerprint density at radius 3 is 1.88 bits per heavy atom. The van der Waals surface area contributed by atoms with Gasteiger partial charge in [-0.3, -0.25) is 0 Å². The normalized spacial score (nSPS) is 12.6. The zero-order valence-electron chi connectivity index (χ0n) is 21.4. The van der Waals surface area contributed by atoms with Crippen LogP contribution in [0.1, 0.15) is 33.4 Å². The van der Waals surface area contributed by atoms with Crippen LogP contribution in [-0.2, 0) is 38.7 Å². The number of rotatable bonds is 6. The van der Waals surface area contributed by atoms with Crippen molar-refractivity contribution in [3.8, 4) is 11.1 Å². The van der Waals surface area contributed by atoms with Crippen LogP contribution in [-0.4, -0.2) is 20.2 Å². The van der Waals surface area contributed by atoms with E-state index in [1.165, 1.54) is 20.0 Å². The van der Waals surface area contributed by atoms with Crippen LogP contribution in [0.5, 0.6) is 0 Å². The molecular formula is C26H18ClF10N5. The van der Waals surface area contributed by atoms with E-state index in [0.717, 1.165) is 34.0 Å². The van der Waals surface area contributed by atoms with E-state index in [9.17, 15) is 43.9 Å². The van der Waals surface area contributed by atoms with Crippen molar-refractivity contribution in [3.05, 3.63) is 92.8 Å². The summed E-state index contributed by atoms with van der Waals surface area (Å²) in [4.78, 5) is 2.01.